The Balaban J connectivity index is 2.07. The van der Waals surface area contributed by atoms with Gasteiger partial charge in [-0.3, -0.25) is 0 Å². The van der Waals surface area contributed by atoms with Crippen LogP contribution < -0.4 is 16.4 Å². The summed E-state index contributed by atoms with van der Waals surface area (Å²) in [6.07, 6.45) is -0.960. The lowest BCUT2D eigenvalue weighted by atomic mass is 10.1. The normalized spacial score (nSPS) is 15.4. The van der Waals surface area contributed by atoms with E-state index in [0.717, 1.165) is 5.56 Å². The van der Waals surface area contributed by atoms with E-state index in [2.05, 4.69) is 20.8 Å². The van der Waals surface area contributed by atoms with E-state index < -0.39 is 36.2 Å². The highest BCUT2D eigenvalue weighted by molar-refractivity contribution is 5.83. The quantitative estimate of drug-likeness (QED) is 0.414. The molecule has 2 aromatic rings. The van der Waals surface area contributed by atoms with Crippen molar-refractivity contribution in [1.29, 1.82) is 0 Å². The first-order chi connectivity index (χ1) is 13.7. The summed E-state index contributed by atoms with van der Waals surface area (Å²) in [6, 6.07) is 5.50. The number of rotatable bonds is 9. The number of nitrogens with two attached hydrogens (primary N) is 1. The Morgan fingerprint density at radius 1 is 1.17 bits per heavy atom. The van der Waals surface area contributed by atoms with E-state index >= 15 is 0 Å². The van der Waals surface area contributed by atoms with Gasteiger partial charge in [0.05, 0.1) is 12.1 Å². The van der Waals surface area contributed by atoms with Gasteiger partial charge in [0.2, 0.25) is 0 Å². The molecule has 6 N–H and O–H groups in total. The first kappa shape index (κ1) is 22.3. The number of benzene rings is 1. The molecule has 1 aromatic heterocycles. The van der Waals surface area contributed by atoms with E-state index in [9.17, 15) is 19.8 Å². The molecule has 0 fully saturated rings. The number of carbonyl (C=O) groups is 2. The van der Waals surface area contributed by atoms with Gasteiger partial charge in [-0.1, -0.05) is 49.3 Å². The van der Waals surface area contributed by atoms with Gasteiger partial charge in [0.1, 0.15) is 12.1 Å². The third-order valence-electron chi connectivity index (χ3n) is 4.39. The average molecular weight is 405 g/mol. The maximum Gasteiger partial charge on any atom is 0.326 e. The second-order valence-electron chi connectivity index (χ2n) is 7.18. The molecule has 0 bridgehead atoms. The Morgan fingerprint density at radius 2 is 1.83 bits per heavy atom. The van der Waals surface area contributed by atoms with Crippen molar-refractivity contribution >= 4 is 12.0 Å². The summed E-state index contributed by atoms with van der Waals surface area (Å²) in [5.41, 5.74) is 6.75. The minimum absolute atomic E-state index is 0.0174. The lowest BCUT2D eigenvalue weighted by molar-refractivity contribution is -0.139. The fourth-order valence-corrected chi connectivity index (χ4v) is 2.59. The number of aliphatic hydroxyl groups is 1. The summed E-state index contributed by atoms with van der Waals surface area (Å²) in [5, 5.41) is 28.1. The van der Waals surface area contributed by atoms with Crippen LogP contribution >= 0.6 is 0 Å². The van der Waals surface area contributed by atoms with Crippen molar-refractivity contribution < 1.29 is 24.3 Å². The van der Waals surface area contributed by atoms with Gasteiger partial charge in [-0.15, -0.1) is 0 Å². The lowest BCUT2D eigenvalue weighted by Crippen LogP contribution is -2.49. The maximum atomic E-state index is 12.4. The number of amides is 2. The van der Waals surface area contributed by atoms with Gasteiger partial charge in [0.15, 0.2) is 5.82 Å². The predicted octanol–water partition coefficient (Wildman–Crippen LogP) is 1.14. The van der Waals surface area contributed by atoms with Crippen molar-refractivity contribution in [2.75, 3.05) is 0 Å². The summed E-state index contributed by atoms with van der Waals surface area (Å²) in [6.45, 7) is 5.24. The molecular formula is C19H27N5O5. The van der Waals surface area contributed by atoms with E-state index in [-0.39, 0.29) is 24.1 Å². The fourth-order valence-electron chi connectivity index (χ4n) is 2.59. The number of nitrogens with zero attached hydrogens (tertiary/aromatic N) is 2. The Hall–Kier alpha value is -2.98. The molecule has 2 rings (SSSR count). The molecule has 0 aliphatic carbocycles. The highest BCUT2D eigenvalue weighted by atomic mass is 16.5. The number of aromatic nitrogens is 2. The summed E-state index contributed by atoms with van der Waals surface area (Å²) in [4.78, 5) is 28.1. The molecule has 158 valence electrons. The van der Waals surface area contributed by atoms with Gasteiger partial charge >= 0.3 is 12.0 Å². The monoisotopic (exact) mass is 405 g/mol. The number of nitrogens with one attached hydrogen (secondary N) is 2. The molecule has 10 nitrogen and oxygen atoms in total. The molecule has 4 atom stereocenters. The molecular weight excluding hydrogens is 378 g/mol. The molecule has 10 heteroatoms. The average Bonchev–Trinajstić information content (AvgIpc) is 3.15. The van der Waals surface area contributed by atoms with Crippen LogP contribution in [0.3, 0.4) is 0 Å². The molecule has 1 heterocycles. The zero-order chi connectivity index (χ0) is 21.6. The van der Waals surface area contributed by atoms with Crippen LogP contribution in [0.4, 0.5) is 4.79 Å². The SMILES string of the molecule is CC(C)[C@H](N)c1noc([C@H](NC(=O)N[C@@H](Cc2ccccc2)C(=O)O)C(C)O)n1. The van der Waals surface area contributed by atoms with Crippen LogP contribution in [0.25, 0.3) is 0 Å². The van der Waals surface area contributed by atoms with Crippen LogP contribution in [0, 0.1) is 5.92 Å². The summed E-state index contributed by atoms with van der Waals surface area (Å²) in [7, 11) is 0. The van der Waals surface area contributed by atoms with Crippen molar-refractivity contribution in [3.8, 4) is 0 Å². The van der Waals surface area contributed by atoms with Crippen LogP contribution in [-0.2, 0) is 11.2 Å². The number of aliphatic hydroxyl groups excluding tert-OH is 1. The van der Waals surface area contributed by atoms with E-state index in [0.29, 0.717) is 0 Å². The first-order valence-corrected chi connectivity index (χ1v) is 9.30. The van der Waals surface area contributed by atoms with E-state index in [4.69, 9.17) is 10.3 Å². The molecule has 0 saturated carbocycles. The van der Waals surface area contributed by atoms with Crippen LogP contribution in [0.5, 0.6) is 0 Å². The number of urea groups is 1. The van der Waals surface area contributed by atoms with Crippen molar-refractivity contribution in [2.24, 2.45) is 11.7 Å². The number of aliphatic carboxylic acids is 1. The maximum absolute atomic E-state index is 12.4. The molecule has 0 spiro atoms. The summed E-state index contributed by atoms with van der Waals surface area (Å²) in [5.74, 6) is -0.872. The topological polar surface area (TPSA) is 164 Å². The molecule has 29 heavy (non-hydrogen) atoms. The van der Waals surface area contributed by atoms with Crippen molar-refractivity contribution in [1.82, 2.24) is 20.8 Å². The predicted molar refractivity (Wildman–Crippen MR) is 104 cm³/mol. The van der Waals surface area contributed by atoms with Crippen molar-refractivity contribution in [2.45, 2.75) is 51.4 Å². The van der Waals surface area contributed by atoms with Crippen LogP contribution in [-0.4, -0.2) is 44.5 Å². The second kappa shape index (κ2) is 9.99. The second-order valence-corrected chi connectivity index (χ2v) is 7.18. The number of hydrogen-bond acceptors (Lipinski definition) is 7. The Labute approximate surface area is 168 Å². The molecule has 2 amide bonds. The van der Waals surface area contributed by atoms with Gasteiger partial charge < -0.3 is 31.1 Å². The van der Waals surface area contributed by atoms with E-state index in [1.165, 1.54) is 6.92 Å². The van der Waals surface area contributed by atoms with Gasteiger partial charge in [-0.2, -0.15) is 4.98 Å². The van der Waals surface area contributed by atoms with E-state index in [1.807, 2.05) is 19.9 Å². The fraction of sp³-hybridized carbons (Fsp3) is 0.474. The zero-order valence-corrected chi connectivity index (χ0v) is 16.6. The Morgan fingerprint density at radius 3 is 2.38 bits per heavy atom. The largest absolute Gasteiger partial charge is 0.480 e. The standard InChI is InChI=1S/C19H27N5O5/c1-10(2)14(20)16-23-17(29-24-16)15(11(3)25)22-19(28)21-13(18(26)27)9-12-7-5-4-6-8-12/h4-8,10-11,13-15,25H,9,20H2,1-3H3,(H,26,27)(H2,21,22,28)/t11?,13-,14-,15+/m0/s1. The summed E-state index contributed by atoms with van der Waals surface area (Å²) < 4.78 is 5.15. The Bertz CT molecular complexity index is 808. The van der Waals surface area contributed by atoms with E-state index in [1.54, 1.807) is 24.3 Å². The van der Waals surface area contributed by atoms with Gasteiger partial charge in [-0.25, -0.2) is 9.59 Å². The van der Waals surface area contributed by atoms with Crippen LogP contribution in [0.2, 0.25) is 0 Å². The number of hydrogen-bond donors (Lipinski definition) is 5. The molecule has 0 aliphatic rings. The molecule has 0 radical (unpaired) electrons. The third-order valence-corrected chi connectivity index (χ3v) is 4.39. The minimum Gasteiger partial charge on any atom is -0.480 e. The zero-order valence-electron chi connectivity index (χ0n) is 16.6. The van der Waals surface area contributed by atoms with Crippen LogP contribution in [0.1, 0.15) is 50.1 Å². The summed E-state index contributed by atoms with van der Waals surface area (Å²) >= 11 is 0. The highest BCUT2D eigenvalue weighted by Gasteiger charge is 2.29. The Kier molecular flexibility index (Phi) is 7.68. The molecule has 0 aliphatic heterocycles. The van der Waals surface area contributed by atoms with Gasteiger partial charge in [-0.05, 0) is 18.4 Å². The van der Waals surface area contributed by atoms with Gasteiger partial charge in [0, 0.05) is 6.42 Å². The smallest absolute Gasteiger partial charge is 0.326 e. The minimum atomic E-state index is -1.18. The van der Waals surface area contributed by atoms with Gasteiger partial charge in [0.25, 0.3) is 5.89 Å². The van der Waals surface area contributed by atoms with Crippen molar-refractivity contribution in [3.05, 3.63) is 47.6 Å². The number of carboxylic acids is 1. The molecule has 1 aromatic carbocycles. The first-order valence-electron chi connectivity index (χ1n) is 9.30. The number of carbonyl (C=O) groups excluding carboxylic acids is 1. The molecule has 1 unspecified atom stereocenters. The molecule has 0 saturated heterocycles. The number of carboxylic acid groups (broad SMARTS) is 1. The highest BCUT2D eigenvalue weighted by Crippen LogP contribution is 2.20. The lowest BCUT2D eigenvalue weighted by Gasteiger charge is -2.20. The van der Waals surface area contributed by atoms with Crippen molar-refractivity contribution in [3.63, 3.8) is 0 Å². The van der Waals surface area contributed by atoms with Crippen LogP contribution in [0.15, 0.2) is 34.9 Å². The third kappa shape index (κ3) is 6.26.